The van der Waals surface area contributed by atoms with E-state index in [1.165, 1.54) is 18.2 Å². The fraction of sp³-hybridized carbons (Fsp3) is 0.294. The van der Waals surface area contributed by atoms with Crippen LogP contribution in [0.2, 0.25) is 0 Å². The van der Waals surface area contributed by atoms with Crippen LogP contribution in [0.1, 0.15) is 29.5 Å². The molecule has 1 heterocycles. The molecule has 2 aromatic carbocycles. The number of benzene rings is 2. The van der Waals surface area contributed by atoms with E-state index in [0.29, 0.717) is 6.61 Å². The molecule has 0 saturated heterocycles. The van der Waals surface area contributed by atoms with Crippen molar-refractivity contribution in [3.05, 3.63) is 65.2 Å². The summed E-state index contributed by atoms with van der Waals surface area (Å²) >= 11 is 0. The van der Waals surface area contributed by atoms with Crippen LogP contribution < -0.4 is 10.1 Å². The van der Waals surface area contributed by atoms with Crippen molar-refractivity contribution in [1.82, 2.24) is 5.32 Å². The van der Waals surface area contributed by atoms with Crippen molar-refractivity contribution in [2.45, 2.75) is 18.4 Å². The zero-order valence-electron chi connectivity index (χ0n) is 11.8. The summed E-state index contributed by atoms with van der Waals surface area (Å²) in [7, 11) is 1.73. The van der Waals surface area contributed by atoms with E-state index in [-0.39, 0.29) is 11.5 Å². The van der Waals surface area contributed by atoms with Crippen LogP contribution in [-0.2, 0) is 0 Å². The van der Waals surface area contributed by atoms with Crippen LogP contribution >= 0.6 is 0 Å². The van der Waals surface area contributed by atoms with E-state index in [2.05, 4.69) is 5.32 Å². The second-order valence-electron chi connectivity index (χ2n) is 5.18. The molecule has 0 aromatic heterocycles. The maximum atomic E-state index is 14.1. The van der Waals surface area contributed by atoms with Crippen LogP contribution in [-0.4, -0.2) is 13.7 Å². The van der Waals surface area contributed by atoms with Gasteiger partial charge in [-0.3, -0.25) is 0 Å². The van der Waals surface area contributed by atoms with Crippen LogP contribution in [0.5, 0.6) is 5.75 Å². The Labute approximate surface area is 122 Å². The molecule has 2 nitrogen and oxygen atoms in total. The predicted octanol–water partition coefficient (Wildman–Crippen LogP) is 3.79. The van der Waals surface area contributed by atoms with E-state index in [1.54, 1.807) is 7.05 Å². The first kappa shape index (κ1) is 14.0. The second-order valence-corrected chi connectivity index (χ2v) is 5.18. The van der Waals surface area contributed by atoms with Crippen LogP contribution in [0, 0.1) is 11.6 Å². The Hall–Kier alpha value is -1.94. The molecule has 2 atom stereocenters. The van der Waals surface area contributed by atoms with Crippen LogP contribution in [0.25, 0.3) is 0 Å². The number of hydrogen-bond acceptors (Lipinski definition) is 2. The fourth-order valence-corrected chi connectivity index (χ4v) is 3.07. The molecule has 2 unspecified atom stereocenters. The number of para-hydroxylation sites is 1. The minimum Gasteiger partial charge on any atom is -0.493 e. The SMILES string of the molecule is CNC(c1c(F)cccc1F)C1CCOc2ccccc21. The lowest BCUT2D eigenvalue weighted by atomic mass is 9.83. The van der Waals surface area contributed by atoms with Gasteiger partial charge in [-0.2, -0.15) is 0 Å². The molecule has 0 amide bonds. The molecular formula is C17H17F2NO. The van der Waals surface area contributed by atoms with E-state index in [0.717, 1.165) is 17.7 Å². The first-order chi connectivity index (χ1) is 10.2. The molecule has 110 valence electrons. The number of rotatable bonds is 3. The zero-order chi connectivity index (χ0) is 14.8. The lowest BCUT2D eigenvalue weighted by Gasteiger charge is -2.32. The number of ether oxygens (including phenoxy) is 1. The van der Waals surface area contributed by atoms with Crippen molar-refractivity contribution in [2.75, 3.05) is 13.7 Å². The number of likely N-dealkylation sites (N-methyl/N-ethyl adjacent to an activating group) is 1. The van der Waals surface area contributed by atoms with E-state index in [1.807, 2.05) is 24.3 Å². The van der Waals surface area contributed by atoms with Gasteiger partial charge in [-0.25, -0.2) is 8.78 Å². The van der Waals surface area contributed by atoms with Crippen LogP contribution in [0.15, 0.2) is 42.5 Å². The van der Waals surface area contributed by atoms with Gasteiger partial charge in [0.05, 0.1) is 6.61 Å². The van der Waals surface area contributed by atoms with Gasteiger partial charge in [0.15, 0.2) is 0 Å². The number of hydrogen-bond donors (Lipinski definition) is 1. The summed E-state index contributed by atoms with van der Waals surface area (Å²) in [6.45, 7) is 0.552. The maximum absolute atomic E-state index is 14.1. The van der Waals surface area contributed by atoms with Crippen molar-refractivity contribution in [1.29, 1.82) is 0 Å². The Kier molecular flexibility index (Phi) is 3.88. The summed E-state index contributed by atoms with van der Waals surface area (Å²) in [4.78, 5) is 0. The second kappa shape index (κ2) is 5.82. The lowest BCUT2D eigenvalue weighted by Crippen LogP contribution is -2.29. The predicted molar refractivity (Wildman–Crippen MR) is 77.5 cm³/mol. The molecule has 1 aliphatic rings. The van der Waals surface area contributed by atoms with Crippen molar-refractivity contribution in [2.24, 2.45) is 0 Å². The molecule has 3 rings (SSSR count). The van der Waals surface area contributed by atoms with Gasteiger partial charge in [0, 0.05) is 17.5 Å². The van der Waals surface area contributed by atoms with E-state index >= 15 is 0 Å². The first-order valence-electron chi connectivity index (χ1n) is 7.05. The summed E-state index contributed by atoms with van der Waals surface area (Å²) in [6.07, 6.45) is 0.719. The van der Waals surface area contributed by atoms with Gasteiger partial charge >= 0.3 is 0 Å². The third kappa shape index (κ3) is 2.51. The smallest absolute Gasteiger partial charge is 0.130 e. The molecule has 2 aromatic rings. The summed E-state index contributed by atoms with van der Waals surface area (Å²) in [5.41, 5.74) is 1.09. The molecule has 0 radical (unpaired) electrons. The average molecular weight is 289 g/mol. The average Bonchev–Trinajstić information content (AvgIpc) is 2.51. The van der Waals surface area contributed by atoms with Gasteiger partial charge in [0.2, 0.25) is 0 Å². The fourth-order valence-electron chi connectivity index (χ4n) is 3.07. The molecule has 1 aliphatic heterocycles. The third-order valence-electron chi connectivity index (χ3n) is 4.03. The molecule has 0 bridgehead atoms. The van der Waals surface area contributed by atoms with Gasteiger partial charge < -0.3 is 10.1 Å². The zero-order valence-corrected chi connectivity index (χ0v) is 11.8. The Morgan fingerprint density at radius 3 is 2.52 bits per heavy atom. The number of fused-ring (bicyclic) bond motifs is 1. The molecule has 0 spiro atoms. The van der Waals surface area contributed by atoms with Crippen molar-refractivity contribution < 1.29 is 13.5 Å². The van der Waals surface area contributed by atoms with E-state index < -0.39 is 17.7 Å². The summed E-state index contributed by atoms with van der Waals surface area (Å²) in [6, 6.07) is 11.2. The summed E-state index contributed by atoms with van der Waals surface area (Å²) < 4.78 is 33.8. The molecule has 0 aliphatic carbocycles. The van der Waals surface area contributed by atoms with Crippen molar-refractivity contribution in [3.63, 3.8) is 0 Å². The van der Waals surface area contributed by atoms with Crippen LogP contribution in [0.3, 0.4) is 0 Å². The van der Waals surface area contributed by atoms with Gasteiger partial charge in [0.1, 0.15) is 17.4 Å². The van der Waals surface area contributed by atoms with Gasteiger partial charge in [0.25, 0.3) is 0 Å². The van der Waals surface area contributed by atoms with Gasteiger partial charge in [-0.05, 0) is 37.2 Å². The Bertz CT molecular complexity index is 624. The Morgan fingerprint density at radius 2 is 1.81 bits per heavy atom. The normalized spacial score (nSPS) is 18.7. The maximum Gasteiger partial charge on any atom is 0.130 e. The molecular weight excluding hydrogens is 272 g/mol. The van der Waals surface area contributed by atoms with Crippen LogP contribution in [0.4, 0.5) is 8.78 Å². The quantitative estimate of drug-likeness (QED) is 0.928. The summed E-state index contributed by atoms with van der Waals surface area (Å²) in [5, 5.41) is 3.08. The molecule has 21 heavy (non-hydrogen) atoms. The minimum absolute atomic E-state index is 0.0219. The highest BCUT2D eigenvalue weighted by Crippen LogP contribution is 2.42. The molecule has 0 fully saturated rings. The standard InChI is InChI=1S/C17H17F2NO/c1-20-17(16-13(18)6-4-7-14(16)19)12-9-10-21-15-8-3-2-5-11(12)15/h2-8,12,17,20H,9-10H2,1H3. The first-order valence-corrected chi connectivity index (χ1v) is 7.05. The molecule has 4 heteroatoms. The largest absolute Gasteiger partial charge is 0.493 e. The number of nitrogens with one attached hydrogen (secondary N) is 1. The Morgan fingerprint density at radius 1 is 1.10 bits per heavy atom. The highest BCUT2D eigenvalue weighted by molar-refractivity contribution is 5.40. The van der Waals surface area contributed by atoms with Gasteiger partial charge in [-0.1, -0.05) is 24.3 Å². The van der Waals surface area contributed by atoms with Crippen molar-refractivity contribution >= 4 is 0 Å². The van der Waals surface area contributed by atoms with Gasteiger partial charge in [-0.15, -0.1) is 0 Å². The molecule has 1 N–H and O–H groups in total. The minimum atomic E-state index is -0.515. The monoisotopic (exact) mass is 289 g/mol. The van der Waals surface area contributed by atoms with E-state index in [4.69, 9.17) is 4.74 Å². The highest BCUT2D eigenvalue weighted by Gasteiger charge is 2.32. The molecule has 0 saturated carbocycles. The third-order valence-corrected chi connectivity index (χ3v) is 4.03. The highest BCUT2D eigenvalue weighted by atomic mass is 19.1. The van der Waals surface area contributed by atoms with Crippen molar-refractivity contribution in [3.8, 4) is 5.75 Å². The van der Waals surface area contributed by atoms with E-state index in [9.17, 15) is 8.78 Å². The summed E-state index contributed by atoms with van der Waals surface area (Å²) in [5.74, 6) is -0.256. The topological polar surface area (TPSA) is 21.3 Å². The Balaban J connectivity index is 2.06. The lowest BCUT2D eigenvalue weighted by molar-refractivity contribution is 0.245. The number of halogens is 2.